The number of nitrogens with zero attached hydrogens (tertiary/aromatic N) is 4. The van der Waals surface area contributed by atoms with Crippen molar-refractivity contribution in [2.75, 3.05) is 0 Å². The average Bonchev–Trinajstić information content (AvgIpc) is 2.88. The van der Waals surface area contributed by atoms with Crippen molar-refractivity contribution in [2.24, 2.45) is 14.1 Å². The zero-order valence-corrected chi connectivity index (χ0v) is 12.6. The summed E-state index contributed by atoms with van der Waals surface area (Å²) in [6, 6.07) is 0. The van der Waals surface area contributed by atoms with Gasteiger partial charge < -0.3 is 0 Å². The van der Waals surface area contributed by atoms with Crippen LogP contribution >= 0.6 is 0 Å². The van der Waals surface area contributed by atoms with E-state index in [1.165, 1.54) is 30.9 Å². The number of imidazole rings is 2. The van der Waals surface area contributed by atoms with Crippen molar-refractivity contribution in [3.8, 4) is 0 Å². The van der Waals surface area contributed by atoms with Crippen LogP contribution in [0, 0.1) is 13.8 Å². The van der Waals surface area contributed by atoms with Crippen molar-refractivity contribution in [1.29, 1.82) is 0 Å². The van der Waals surface area contributed by atoms with E-state index in [-0.39, 0.29) is 0 Å². The summed E-state index contributed by atoms with van der Waals surface area (Å²) in [6.45, 7) is 6.60. The number of hydrogen-bond acceptors (Lipinski definition) is 0. The topological polar surface area (TPSA) is 17.6 Å². The predicted molar refractivity (Wildman–Crippen MR) is 74.5 cm³/mol. The molecule has 0 radical (unpaired) electrons. The van der Waals surface area contributed by atoms with Gasteiger partial charge in [0.25, 0.3) is 11.6 Å². The molecule has 0 spiro atoms. The summed E-state index contributed by atoms with van der Waals surface area (Å²) in [7, 11) is 4.20. The van der Waals surface area contributed by atoms with Gasteiger partial charge in [-0.3, -0.25) is 0 Å². The summed E-state index contributed by atoms with van der Waals surface area (Å²) >= 11 is 0. The summed E-state index contributed by atoms with van der Waals surface area (Å²) < 4.78 is 9.01. The van der Waals surface area contributed by atoms with Gasteiger partial charge in [-0.1, -0.05) is 0 Å². The third kappa shape index (κ3) is 3.25. The number of hydrogen-bond donors (Lipinski definition) is 0. The Balaban J connectivity index is 1.70. The zero-order valence-electron chi connectivity index (χ0n) is 12.6. The smallest absolute Gasteiger partial charge is 0.237 e. The lowest BCUT2D eigenvalue weighted by Gasteiger charge is -2.01. The van der Waals surface area contributed by atoms with Crippen LogP contribution in [0.5, 0.6) is 0 Å². The summed E-state index contributed by atoms with van der Waals surface area (Å²) in [5.74, 6) is 2.65. The fourth-order valence-corrected chi connectivity index (χ4v) is 2.41. The van der Waals surface area contributed by atoms with Crippen molar-refractivity contribution < 1.29 is 9.13 Å². The Morgan fingerprint density at radius 3 is 1.53 bits per heavy atom. The molecule has 2 aromatic rings. The largest absolute Gasteiger partial charge is 0.253 e. The first-order chi connectivity index (χ1) is 9.09. The van der Waals surface area contributed by atoms with E-state index in [9.17, 15) is 0 Å². The highest BCUT2D eigenvalue weighted by atomic mass is 15.1. The van der Waals surface area contributed by atoms with Crippen molar-refractivity contribution in [2.45, 2.75) is 46.2 Å². The molecule has 19 heavy (non-hydrogen) atoms. The summed E-state index contributed by atoms with van der Waals surface area (Å²) in [6.07, 6.45) is 12.4. The summed E-state index contributed by atoms with van der Waals surface area (Å²) in [5.41, 5.74) is 0. The molecular formula is C15H26N4+2. The Morgan fingerprint density at radius 1 is 0.789 bits per heavy atom. The maximum Gasteiger partial charge on any atom is 0.253 e. The van der Waals surface area contributed by atoms with Crippen LogP contribution < -0.4 is 9.13 Å². The SMILES string of the molecule is Cc1n(C)cc[n+]1CCCCC[n+]1ccn(C)c1C. The summed E-state index contributed by atoms with van der Waals surface area (Å²) in [5, 5.41) is 0. The van der Waals surface area contributed by atoms with E-state index >= 15 is 0 Å². The lowest BCUT2D eigenvalue weighted by molar-refractivity contribution is -0.706. The average molecular weight is 262 g/mol. The van der Waals surface area contributed by atoms with Gasteiger partial charge in [0, 0.05) is 13.8 Å². The van der Waals surface area contributed by atoms with Gasteiger partial charge in [-0.25, -0.2) is 18.3 Å². The van der Waals surface area contributed by atoms with Crippen LogP contribution in [0.2, 0.25) is 0 Å². The van der Waals surface area contributed by atoms with Crippen molar-refractivity contribution >= 4 is 0 Å². The Bertz CT molecular complexity index is 488. The second kappa shape index (κ2) is 6.04. The molecule has 0 amide bonds. The third-order valence-corrected chi connectivity index (χ3v) is 4.09. The Labute approximate surface area is 115 Å². The van der Waals surface area contributed by atoms with E-state index in [0.717, 1.165) is 13.1 Å². The van der Waals surface area contributed by atoms with Crippen LogP contribution in [-0.4, -0.2) is 9.13 Å². The van der Waals surface area contributed by atoms with Crippen molar-refractivity contribution in [3.05, 3.63) is 36.4 Å². The van der Waals surface area contributed by atoms with Crippen molar-refractivity contribution in [3.63, 3.8) is 0 Å². The molecule has 0 saturated heterocycles. The van der Waals surface area contributed by atoms with E-state index in [0.29, 0.717) is 0 Å². The van der Waals surface area contributed by atoms with Crippen LogP contribution in [0.15, 0.2) is 24.8 Å². The maximum atomic E-state index is 2.33. The normalized spacial score (nSPS) is 11.2. The number of unbranched alkanes of at least 4 members (excludes halogenated alkanes) is 2. The molecule has 0 aromatic carbocycles. The van der Waals surface area contributed by atoms with Gasteiger partial charge in [-0.2, -0.15) is 0 Å². The standard InChI is InChI=1S/C15H26N4/c1-14-16(3)10-12-18(14)8-6-5-7-9-19-13-11-17(4)15(19)2/h10-13H,5-9H2,1-4H3/q+2. The van der Waals surface area contributed by atoms with Gasteiger partial charge in [0.2, 0.25) is 0 Å². The molecule has 2 aromatic heterocycles. The van der Waals surface area contributed by atoms with Gasteiger partial charge in [0.05, 0.1) is 27.2 Å². The minimum Gasteiger partial charge on any atom is -0.237 e. The molecule has 104 valence electrons. The molecule has 4 nitrogen and oxygen atoms in total. The first kappa shape index (κ1) is 13.8. The van der Waals surface area contributed by atoms with Crippen LogP contribution in [0.4, 0.5) is 0 Å². The number of aromatic nitrogens is 4. The molecule has 0 atom stereocenters. The van der Waals surface area contributed by atoms with Crippen LogP contribution in [-0.2, 0) is 27.2 Å². The molecule has 2 heterocycles. The first-order valence-electron chi connectivity index (χ1n) is 7.12. The lowest BCUT2D eigenvalue weighted by atomic mass is 10.2. The second-order valence-corrected chi connectivity index (χ2v) is 5.36. The molecule has 0 N–H and O–H groups in total. The fraction of sp³-hybridized carbons (Fsp3) is 0.600. The molecule has 0 saturated carbocycles. The quantitative estimate of drug-likeness (QED) is 0.554. The van der Waals surface area contributed by atoms with E-state index < -0.39 is 0 Å². The Morgan fingerprint density at radius 2 is 1.21 bits per heavy atom. The van der Waals surface area contributed by atoms with Crippen molar-refractivity contribution in [1.82, 2.24) is 9.13 Å². The molecule has 0 aliphatic carbocycles. The minimum absolute atomic E-state index is 1.13. The zero-order chi connectivity index (χ0) is 13.8. The van der Waals surface area contributed by atoms with Crippen LogP contribution in [0.3, 0.4) is 0 Å². The van der Waals surface area contributed by atoms with Crippen LogP contribution in [0.25, 0.3) is 0 Å². The van der Waals surface area contributed by atoms with Crippen LogP contribution in [0.1, 0.15) is 30.9 Å². The highest BCUT2D eigenvalue weighted by Gasteiger charge is 2.09. The van der Waals surface area contributed by atoms with Gasteiger partial charge >= 0.3 is 0 Å². The minimum atomic E-state index is 1.13. The number of rotatable bonds is 6. The van der Waals surface area contributed by atoms with E-state index in [4.69, 9.17) is 0 Å². The van der Waals surface area contributed by atoms with Gasteiger partial charge in [0.15, 0.2) is 0 Å². The monoisotopic (exact) mass is 262 g/mol. The lowest BCUT2D eigenvalue weighted by Crippen LogP contribution is -2.36. The molecule has 2 rings (SSSR count). The first-order valence-corrected chi connectivity index (χ1v) is 7.12. The van der Waals surface area contributed by atoms with E-state index in [2.05, 4.69) is 71.0 Å². The third-order valence-electron chi connectivity index (χ3n) is 4.09. The van der Waals surface area contributed by atoms with Gasteiger partial charge in [0.1, 0.15) is 24.8 Å². The molecule has 0 aliphatic rings. The van der Waals surface area contributed by atoms with E-state index in [1.807, 2.05) is 0 Å². The van der Waals surface area contributed by atoms with Gasteiger partial charge in [-0.15, -0.1) is 0 Å². The molecule has 0 bridgehead atoms. The molecule has 0 aliphatic heterocycles. The second-order valence-electron chi connectivity index (χ2n) is 5.36. The Hall–Kier alpha value is -1.58. The molecular weight excluding hydrogens is 236 g/mol. The fourth-order valence-electron chi connectivity index (χ4n) is 2.41. The van der Waals surface area contributed by atoms with Gasteiger partial charge in [-0.05, 0) is 19.3 Å². The Kier molecular flexibility index (Phi) is 4.40. The summed E-state index contributed by atoms with van der Waals surface area (Å²) in [4.78, 5) is 0. The highest BCUT2D eigenvalue weighted by Crippen LogP contribution is 1.98. The maximum absolute atomic E-state index is 2.33. The molecule has 4 heteroatoms. The highest BCUT2D eigenvalue weighted by molar-refractivity contribution is 4.77. The number of aryl methyl sites for hydroxylation is 4. The predicted octanol–water partition coefficient (Wildman–Crippen LogP) is 1.43. The molecule has 0 unspecified atom stereocenters. The van der Waals surface area contributed by atoms with E-state index in [1.54, 1.807) is 0 Å². The molecule has 0 fully saturated rings.